The maximum absolute atomic E-state index is 12.6. The van der Waals surface area contributed by atoms with Gasteiger partial charge in [-0.1, -0.05) is 23.9 Å². The number of hydrogen-bond acceptors (Lipinski definition) is 6. The number of piperidine rings is 1. The number of aromatic nitrogens is 3. The molecule has 2 aliphatic heterocycles. The third-order valence-electron chi connectivity index (χ3n) is 5.07. The van der Waals surface area contributed by atoms with Gasteiger partial charge < -0.3 is 14.4 Å². The van der Waals surface area contributed by atoms with Gasteiger partial charge in [-0.3, -0.25) is 9.36 Å². The first-order valence-electron chi connectivity index (χ1n) is 9.24. The van der Waals surface area contributed by atoms with Gasteiger partial charge in [0.15, 0.2) is 10.9 Å². The van der Waals surface area contributed by atoms with Crippen LogP contribution < -0.4 is 0 Å². The first-order valence-corrected chi connectivity index (χ1v) is 10.2. The van der Waals surface area contributed by atoms with Gasteiger partial charge in [-0.2, -0.15) is 0 Å². The summed E-state index contributed by atoms with van der Waals surface area (Å²) in [5.41, 5.74) is 2.19. The molecular formula is C19H24N4O3S. The van der Waals surface area contributed by atoms with Crippen LogP contribution in [-0.2, 0) is 14.3 Å². The number of nitrogens with zero attached hydrogens (tertiary/aromatic N) is 4. The summed E-state index contributed by atoms with van der Waals surface area (Å²) >= 11 is 1.43. The lowest BCUT2D eigenvalue weighted by molar-refractivity contribution is -0.186. The lowest BCUT2D eigenvalue weighted by Crippen LogP contribution is -2.47. The molecule has 0 aliphatic carbocycles. The number of hydrogen-bond donors (Lipinski definition) is 0. The lowest BCUT2D eigenvalue weighted by Gasteiger charge is -2.37. The van der Waals surface area contributed by atoms with E-state index in [-0.39, 0.29) is 5.91 Å². The van der Waals surface area contributed by atoms with Crippen LogP contribution in [0, 0.1) is 13.8 Å². The second kappa shape index (κ2) is 7.61. The Morgan fingerprint density at radius 2 is 1.93 bits per heavy atom. The number of rotatable bonds is 4. The van der Waals surface area contributed by atoms with Crippen LogP contribution in [0.1, 0.15) is 24.2 Å². The van der Waals surface area contributed by atoms with Crippen LogP contribution in [0.15, 0.2) is 29.4 Å². The summed E-state index contributed by atoms with van der Waals surface area (Å²) in [6, 6.07) is 8.19. The number of carbonyl (C=O) groups excluding carboxylic acids is 1. The van der Waals surface area contributed by atoms with E-state index in [1.165, 1.54) is 17.3 Å². The molecule has 4 rings (SSSR count). The molecule has 1 aromatic heterocycles. The van der Waals surface area contributed by atoms with Gasteiger partial charge >= 0.3 is 0 Å². The van der Waals surface area contributed by atoms with E-state index in [2.05, 4.69) is 29.3 Å². The summed E-state index contributed by atoms with van der Waals surface area (Å²) in [5, 5.41) is 9.20. The van der Waals surface area contributed by atoms with Crippen molar-refractivity contribution in [3.05, 3.63) is 35.7 Å². The first kappa shape index (κ1) is 18.5. The maximum Gasteiger partial charge on any atom is 0.233 e. The minimum atomic E-state index is -0.452. The van der Waals surface area contributed by atoms with Crippen LogP contribution in [0.5, 0.6) is 0 Å². The van der Waals surface area contributed by atoms with Crippen LogP contribution in [0.3, 0.4) is 0 Å². The molecule has 2 fully saturated rings. The van der Waals surface area contributed by atoms with E-state index in [1.807, 2.05) is 28.5 Å². The van der Waals surface area contributed by atoms with E-state index in [1.54, 1.807) is 0 Å². The fourth-order valence-corrected chi connectivity index (χ4v) is 4.50. The Morgan fingerprint density at radius 1 is 1.19 bits per heavy atom. The van der Waals surface area contributed by atoms with Gasteiger partial charge in [0.25, 0.3) is 0 Å². The van der Waals surface area contributed by atoms with E-state index < -0.39 is 5.79 Å². The fourth-order valence-electron chi connectivity index (χ4n) is 3.60. The smallest absolute Gasteiger partial charge is 0.233 e. The number of carbonyl (C=O) groups is 1. The fraction of sp³-hybridized carbons (Fsp3) is 0.526. The molecule has 8 heteroatoms. The molecule has 1 amide bonds. The van der Waals surface area contributed by atoms with E-state index in [0.29, 0.717) is 32.1 Å². The highest BCUT2D eigenvalue weighted by molar-refractivity contribution is 7.99. The largest absolute Gasteiger partial charge is 0.347 e. The van der Waals surface area contributed by atoms with Gasteiger partial charge in [-0.15, -0.1) is 10.2 Å². The molecule has 27 heavy (non-hydrogen) atoms. The molecular weight excluding hydrogens is 364 g/mol. The Hall–Kier alpha value is -1.90. The summed E-state index contributed by atoms with van der Waals surface area (Å²) in [6.45, 7) is 6.62. The van der Waals surface area contributed by atoms with Crippen molar-refractivity contribution >= 4 is 17.7 Å². The molecule has 3 heterocycles. The Labute approximate surface area is 163 Å². The van der Waals surface area contributed by atoms with E-state index in [4.69, 9.17) is 9.47 Å². The summed E-state index contributed by atoms with van der Waals surface area (Å²) in [7, 11) is 0. The highest BCUT2D eigenvalue weighted by atomic mass is 32.2. The van der Waals surface area contributed by atoms with Gasteiger partial charge in [0.2, 0.25) is 5.91 Å². The van der Waals surface area contributed by atoms with Crippen molar-refractivity contribution in [1.82, 2.24) is 19.7 Å². The number of thioether (sulfide) groups is 1. The van der Waals surface area contributed by atoms with Gasteiger partial charge in [-0.05, 0) is 31.5 Å². The van der Waals surface area contributed by atoms with Crippen LogP contribution in [0.4, 0.5) is 0 Å². The zero-order valence-corrected chi connectivity index (χ0v) is 16.5. The Balaban J connectivity index is 1.39. The highest BCUT2D eigenvalue weighted by Crippen LogP contribution is 2.31. The maximum atomic E-state index is 12.6. The molecule has 2 aromatic rings. The van der Waals surface area contributed by atoms with Crippen LogP contribution >= 0.6 is 11.8 Å². The second-order valence-electron chi connectivity index (χ2n) is 6.98. The summed E-state index contributed by atoms with van der Waals surface area (Å²) < 4.78 is 13.5. The van der Waals surface area contributed by atoms with E-state index in [0.717, 1.165) is 29.5 Å². The monoisotopic (exact) mass is 388 g/mol. The average molecular weight is 388 g/mol. The van der Waals surface area contributed by atoms with Gasteiger partial charge in [0.05, 0.1) is 19.0 Å². The normalized spacial score (nSPS) is 19.0. The summed E-state index contributed by atoms with van der Waals surface area (Å²) in [4.78, 5) is 14.5. The molecule has 7 nitrogen and oxygen atoms in total. The molecule has 1 spiro atoms. The lowest BCUT2D eigenvalue weighted by atomic mass is 10.0. The Morgan fingerprint density at radius 3 is 2.63 bits per heavy atom. The molecule has 144 valence electrons. The third kappa shape index (κ3) is 3.88. The van der Waals surface area contributed by atoms with Crippen molar-refractivity contribution < 1.29 is 14.3 Å². The van der Waals surface area contributed by atoms with E-state index >= 15 is 0 Å². The zero-order chi connectivity index (χ0) is 18.9. The third-order valence-corrected chi connectivity index (χ3v) is 5.98. The molecule has 0 atom stereocenters. The number of benzene rings is 1. The van der Waals surface area contributed by atoms with Gasteiger partial charge in [-0.25, -0.2) is 0 Å². The molecule has 1 aromatic carbocycles. The van der Waals surface area contributed by atoms with E-state index in [9.17, 15) is 4.79 Å². The quantitative estimate of drug-likeness (QED) is 0.749. The number of aryl methyl sites for hydroxylation is 2. The zero-order valence-electron chi connectivity index (χ0n) is 15.7. The Bertz CT molecular complexity index is 822. The topological polar surface area (TPSA) is 69.5 Å². The van der Waals surface area contributed by atoms with Gasteiger partial charge in [0, 0.05) is 31.6 Å². The van der Waals surface area contributed by atoms with Crippen LogP contribution in [0.2, 0.25) is 0 Å². The SMILES string of the molecule is Cc1cccc(-n2c(C)nnc2SCC(=O)N2CCC3(CC2)OCCO3)c1. The predicted molar refractivity (Wildman–Crippen MR) is 102 cm³/mol. The minimum absolute atomic E-state index is 0.115. The Kier molecular flexibility index (Phi) is 5.21. The molecule has 2 saturated heterocycles. The predicted octanol–water partition coefficient (Wildman–Crippen LogP) is 2.34. The number of likely N-dealkylation sites (tertiary alicyclic amines) is 1. The highest BCUT2D eigenvalue weighted by Gasteiger charge is 2.40. The van der Waals surface area contributed by atoms with Crippen molar-refractivity contribution in [3.63, 3.8) is 0 Å². The van der Waals surface area contributed by atoms with Crippen LogP contribution in [0.25, 0.3) is 5.69 Å². The van der Waals surface area contributed by atoms with Crippen molar-refractivity contribution in [2.45, 2.75) is 37.6 Å². The average Bonchev–Trinajstić information content (AvgIpc) is 3.27. The number of amides is 1. The minimum Gasteiger partial charge on any atom is -0.347 e. The second-order valence-corrected chi connectivity index (χ2v) is 7.92. The molecule has 0 N–H and O–H groups in total. The molecule has 0 radical (unpaired) electrons. The first-order chi connectivity index (χ1) is 13.1. The van der Waals surface area contributed by atoms with Crippen molar-refractivity contribution in [2.24, 2.45) is 0 Å². The summed E-state index contributed by atoms with van der Waals surface area (Å²) in [5.74, 6) is 0.820. The van der Waals surface area contributed by atoms with Gasteiger partial charge in [0.1, 0.15) is 5.82 Å². The van der Waals surface area contributed by atoms with Crippen molar-refractivity contribution in [2.75, 3.05) is 32.1 Å². The van der Waals surface area contributed by atoms with Crippen molar-refractivity contribution in [3.8, 4) is 5.69 Å². The molecule has 0 bridgehead atoms. The van der Waals surface area contributed by atoms with Crippen molar-refractivity contribution in [1.29, 1.82) is 0 Å². The molecule has 0 unspecified atom stereocenters. The summed E-state index contributed by atoms with van der Waals surface area (Å²) in [6.07, 6.45) is 1.48. The molecule has 0 saturated carbocycles. The number of ether oxygens (including phenoxy) is 2. The molecule has 2 aliphatic rings. The standard InChI is InChI=1S/C19H24N4O3S/c1-14-4-3-5-16(12-14)23-15(2)20-21-18(23)27-13-17(24)22-8-6-19(7-9-22)25-10-11-26-19/h3-5,12H,6-11,13H2,1-2H3. The van der Waals surface area contributed by atoms with Crippen LogP contribution in [-0.4, -0.2) is 63.4 Å².